The molecule has 3 heteroatoms. The Morgan fingerprint density at radius 3 is 2.31 bits per heavy atom. The minimum atomic E-state index is -0.482. The van der Waals surface area contributed by atoms with Crippen molar-refractivity contribution in [2.45, 2.75) is 26.7 Å². The van der Waals surface area contributed by atoms with Gasteiger partial charge < -0.3 is 4.74 Å². The van der Waals surface area contributed by atoms with Crippen LogP contribution in [0.25, 0.3) is 0 Å². The molecule has 0 spiro atoms. The molecule has 0 rings (SSSR count). The SMILES string of the molecule is C=C(C)C(CC)C(=O)CC(=O)OC. The molecule has 0 amide bonds. The molecule has 0 aromatic rings. The molecule has 74 valence electrons. The lowest BCUT2D eigenvalue weighted by Gasteiger charge is -2.11. The molecule has 0 aliphatic rings. The second-order valence-electron chi connectivity index (χ2n) is 3.03. The predicted molar refractivity (Wildman–Crippen MR) is 50.2 cm³/mol. The van der Waals surface area contributed by atoms with Crippen LogP contribution in [0.3, 0.4) is 0 Å². The molecule has 0 fully saturated rings. The molecule has 3 nitrogen and oxygen atoms in total. The summed E-state index contributed by atoms with van der Waals surface area (Å²) in [7, 11) is 1.28. The topological polar surface area (TPSA) is 43.4 Å². The van der Waals surface area contributed by atoms with Crippen LogP contribution in [0.2, 0.25) is 0 Å². The Hall–Kier alpha value is -1.12. The van der Waals surface area contributed by atoms with Gasteiger partial charge in [-0.1, -0.05) is 19.1 Å². The van der Waals surface area contributed by atoms with Gasteiger partial charge in [0.15, 0.2) is 5.78 Å². The fraction of sp³-hybridized carbons (Fsp3) is 0.600. The average Bonchev–Trinajstić information content (AvgIpc) is 2.04. The molecular weight excluding hydrogens is 168 g/mol. The Labute approximate surface area is 78.8 Å². The van der Waals surface area contributed by atoms with E-state index in [4.69, 9.17) is 0 Å². The fourth-order valence-electron chi connectivity index (χ4n) is 1.19. The second kappa shape index (κ2) is 5.51. The molecule has 0 aliphatic heterocycles. The van der Waals surface area contributed by atoms with Gasteiger partial charge in [-0.3, -0.25) is 9.59 Å². The molecule has 0 saturated carbocycles. The lowest BCUT2D eigenvalue weighted by Crippen LogP contribution is -2.19. The van der Waals surface area contributed by atoms with Crippen LogP contribution < -0.4 is 0 Å². The monoisotopic (exact) mass is 184 g/mol. The van der Waals surface area contributed by atoms with E-state index in [0.717, 1.165) is 5.57 Å². The van der Waals surface area contributed by atoms with Crippen molar-refractivity contribution in [2.75, 3.05) is 7.11 Å². The number of carbonyl (C=O) groups is 2. The summed E-state index contributed by atoms with van der Waals surface area (Å²) in [6, 6.07) is 0. The number of ketones is 1. The molecule has 0 aromatic carbocycles. The van der Waals surface area contributed by atoms with Gasteiger partial charge in [0, 0.05) is 5.92 Å². The Morgan fingerprint density at radius 1 is 1.46 bits per heavy atom. The third-order valence-corrected chi connectivity index (χ3v) is 1.94. The third-order valence-electron chi connectivity index (χ3n) is 1.94. The zero-order valence-electron chi connectivity index (χ0n) is 8.42. The number of Topliss-reactive ketones (excluding diaryl/α,β-unsaturated/α-hetero) is 1. The van der Waals surface area contributed by atoms with E-state index in [0.29, 0.717) is 6.42 Å². The van der Waals surface area contributed by atoms with Gasteiger partial charge >= 0.3 is 5.97 Å². The smallest absolute Gasteiger partial charge is 0.313 e. The van der Waals surface area contributed by atoms with Crippen LogP contribution in [0.15, 0.2) is 12.2 Å². The predicted octanol–water partition coefficient (Wildman–Crippen LogP) is 1.72. The average molecular weight is 184 g/mol. The number of rotatable bonds is 5. The maximum absolute atomic E-state index is 11.4. The van der Waals surface area contributed by atoms with E-state index in [1.165, 1.54) is 7.11 Å². The molecule has 1 unspecified atom stereocenters. The second-order valence-corrected chi connectivity index (χ2v) is 3.03. The highest BCUT2D eigenvalue weighted by Gasteiger charge is 2.19. The van der Waals surface area contributed by atoms with Gasteiger partial charge in [-0.2, -0.15) is 0 Å². The number of methoxy groups -OCH3 is 1. The van der Waals surface area contributed by atoms with Crippen molar-refractivity contribution in [2.24, 2.45) is 5.92 Å². The van der Waals surface area contributed by atoms with Crippen LogP contribution >= 0.6 is 0 Å². The van der Waals surface area contributed by atoms with E-state index in [9.17, 15) is 9.59 Å². The molecule has 0 radical (unpaired) electrons. The van der Waals surface area contributed by atoms with Crippen molar-refractivity contribution in [1.82, 2.24) is 0 Å². The zero-order valence-corrected chi connectivity index (χ0v) is 8.42. The molecule has 0 N–H and O–H groups in total. The van der Waals surface area contributed by atoms with Crippen molar-refractivity contribution in [3.63, 3.8) is 0 Å². The molecular formula is C10H16O3. The minimum Gasteiger partial charge on any atom is -0.469 e. The molecule has 13 heavy (non-hydrogen) atoms. The van der Waals surface area contributed by atoms with Crippen molar-refractivity contribution in [1.29, 1.82) is 0 Å². The summed E-state index contributed by atoms with van der Waals surface area (Å²) >= 11 is 0. The number of ether oxygens (including phenoxy) is 1. The highest BCUT2D eigenvalue weighted by atomic mass is 16.5. The maximum atomic E-state index is 11.4. The first-order valence-electron chi connectivity index (χ1n) is 4.27. The van der Waals surface area contributed by atoms with Crippen molar-refractivity contribution in [3.8, 4) is 0 Å². The molecule has 0 saturated heterocycles. The van der Waals surface area contributed by atoms with E-state index >= 15 is 0 Å². The van der Waals surface area contributed by atoms with Gasteiger partial charge in [-0.15, -0.1) is 0 Å². The molecule has 0 heterocycles. The van der Waals surface area contributed by atoms with Gasteiger partial charge in [0.25, 0.3) is 0 Å². The normalized spacial score (nSPS) is 11.9. The first-order chi connectivity index (χ1) is 6.02. The third kappa shape index (κ3) is 3.87. The van der Waals surface area contributed by atoms with Crippen LogP contribution in [0.5, 0.6) is 0 Å². The van der Waals surface area contributed by atoms with E-state index in [1.807, 2.05) is 6.92 Å². The van der Waals surface area contributed by atoms with Crippen LogP contribution in [0.4, 0.5) is 0 Å². The lowest BCUT2D eigenvalue weighted by molar-refractivity contribution is -0.143. The Kier molecular flexibility index (Phi) is 5.04. The van der Waals surface area contributed by atoms with Crippen LogP contribution in [-0.4, -0.2) is 18.9 Å². The van der Waals surface area contributed by atoms with Crippen LogP contribution in [0.1, 0.15) is 26.7 Å². The summed E-state index contributed by atoms with van der Waals surface area (Å²) in [5, 5.41) is 0. The van der Waals surface area contributed by atoms with E-state index in [2.05, 4.69) is 11.3 Å². The molecule has 0 aromatic heterocycles. The number of hydrogen-bond acceptors (Lipinski definition) is 3. The number of hydrogen-bond donors (Lipinski definition) is 0. The summed E-state index contributed by atoms with van der Waals surface area (Å²) in [6.45, 7) is 7.40. The Bertz CT molecular complexity index is 218. The largest absolute Gasteiger partial charge is 0.469 e. The summed E-state index contributed by atoms with van der Waals surface area (Å²) in [5.74, 6) is -0.800. The first-order valence-corrected chi connectivity index (χ1v) is 4.27. The van der Waals surface area contributed by atoms with Gasteiger partial charge in [0.1, 0.15) is 6.42 Å². The first kappa shape index (κ1) is 11.9. The van der Waals surface area contributed by atoms with Crippen molar-refractivity contribution in [3.05, 3.63) is 12.2 Å². The number of esters is 1. The minimum absolute atomic E-state index is 0.109. The van der Waals surface area contributed by atoms with Gasteiger partial charge in [-0.05, 0) is 13.3 Å². The highest BCUT2D eigenvalue weighted by molar-refractivity contribution is 5.97. The molecule has 1 atom stereocenters. The summed E-state index contributed by atoms with van der Waals surface area (Å²) in [6.07, 6.45) is 0.535. The van der Waals surface area contributed by atoms with E-state index < -0.39 is 5.97 Å². The van der Waals surface area contributed by atoms with E-state index in [1.54, 1.807) is 6.92 Å². The number of carbonyl (C=O) groups excluding carboxylic acids is 2. The van der Waals surface area contributed by atoms with Gasteiger partial charge in [0.05, 0.1) is 7.11 Å². The van der Waals surface area contributed by atoms with Crippen LogP contribution in [0, 0.1) is 5.92 Å². The number of allylic oxidation sites excluding steroid dienone is 1. The summed E-state index contributed by atoms with van der Waals surface area (Å²) in [5.41, 5.74) is 0.802. The highest BCUT2D eigenvalue weighted by Crippen LogP contribution is 2.15. The lowest BCUT2D eigenvalue weighted by atomic mass is 9.92. The fourth-order valence-corrected chi connectivity index (χ4v) is 1.19. The van der Waals surface area contributed by atoms with Crippen molar-refractivity contribution >= 4 is 11.8 Å². The van der Waals surface area contributed by atoms with E-state index in [-0.39, 0.29) is 18.1 Å². The van der Waals surface area contributed by atoms with Gasteiger partial charge in [-0.25, -0.2) is 0 Å². The molecule has 0 aliphatic carbocycles. The molecule has 0 bridgehead atoms. The Morgan fingerprint density at radius 2 is 2.00 bits per heavy atom. The van der Waals surface area contributed by atoms with Crippen molar-refractivity contribution < 1.29 is 14.3 Å². The maximum Gasteiger partial charge on any atom is 0.313 e. The Balaban J connectivity index is 4.22. The summed E-state index contributed by atoms with van der Waals surface area (Å²) in [4.78, 5) is 22.2. The quantitative estimate of drug-likeness (QED) is 0.371. The standard InChI is InChI=1S/C10H16O3/c1-5-8(7(2)3)9(11)6-10(12)13-4/h8H,2,5-6H2,1,3-4H3. The van der Waals surface area contributed by atoms with Crippen LogP contribution in [-0.2, 0) is 14.3 Å². The van der Waals surface area contributed by atoms with Gasteiger partial charge in [0.2, 0.25) is 0 Å². The summed E-state index contributed by atoms with van der Waals surface area (Å²) < 4.78 is 4.41. The zero-order chi connectivity index (χ0) is 10.4.